The maximum atomic E-state index is 12.3. The monoisotopic (exact) mass is 361 g/mol. The SMILES string of the molecule is CCCCOc1cccc(NC(=O)c2ccc(C)c(Br)c2)c1. The van der Waals surface area contributed by atoms with Crippen molar-refractivity contribution in [3.63, 3.8) is 0 Å². The molecular weight excluding hydrogens is 342 g/mol. The molecule has 2 aromatic rings. The zero-order chi connectivity index (χ0) is 15.9. The first-order valence-electron chi connectivity index (χ1n) is 7.40. The van der Waals surface area contributed by atoms with E-state index in [2.05, 4.69) is 28.2 Å². The van der Waals surface area contributed by atoms with E-state index in [0.717, 1.165) is 34.3 Å². The van der Waals surface area contributed by atoms with Crippen LogP contribution in [0.1, 0.15) is 35.7 Å². The second-order valence-corrected chi connectivity index (χ2v) is 6.00. The van der Waals surface area contributed by atoms with Crippen molar-refractivity contribution in [3.05, 3.63) is 58.1 Å². The summed E-state index contributed by atoms with van der Waals surface area (Å²) in [5, 5.41) is 2.90. The Balaban J connectivity index is 2.04. The number of carbonyl (C=O) groups is 1. The molecule has 0 aliphatic heterocycles. The molecule has 0 saturated heterocycles. The van der Waals surface area contributed by atoms with Gasteiger partial charge in [0.15, 0.2) is 0 Å². The molecule has 1 amide bonds. The maximum absolute atomic E-state index is 12.3. The van der Waals surface area contributed by atoms with Gasteiger partial charge in [0.05, 0.1) is 6.61 Å². The molecule has 0 saturated carbocycles. The van der Waals surface area contributed by atoms with Gasteiger partial charge in [0.2, 0.25) is 0 Å². The van der Waals surface area contributed by atoms with E-state index < -0.39 is 0 Å². The molecule has 116 valence electrons. The van der Waals surface area contributed by atoms with E-state index >= 15 is 0 Å². The lowest BCUT2D eigenvalue weighted by Crippen LogP contribution is -2.12. The molecule has 2 rings (SSSR count). The lowest BCUT2D eigenvalue weighted by Gasteiger charge is -2.09. The number of hydrogen-bond acceptors (Lipinski definition) is 2. The zero-order valence-electron chi connectivity index (χ0n) is 12.9. The number of unbranched alkanes of at least 4 members (excludes halogenated alkanes) is 1. The number of ether oxygens (including phenoxy) is 1. The molecule has 0 aliphatic rings. The van der Waals surface area contributed by atoms with E-state index in [-0.39, 0.29) is 5.91 Å². The Morgan fingerprint density at radius 1 is 1.23 bits per heavy atom. The van der Waals surface area contributed by atoms with E-state index in [9.17, 15) is 4.79 Å². The van der Waals surface area contributed by atoms with E-state index in [1.54, 1.807) is 0 Å². The van der Waals surface area contributed by atoms with Gasteiger partial charge >= 0.3 is 0 Å². The summed E-state index contributed by atoms with van der Waals surface area (Å²) in [5.41, 5.74) is 2.45. The summed E-state index contributed by atoms with van der Waals surface area (Å²) in [7, 11) is 0. The van der Waals surface area contributed by atoms with Crippen LogP contribution in [0.25, 0.3) is 0 Å². The molecule has 3 nitrogen and oxygen atoms in total. The van der Waals surface area contributed by atoms with Crippen LogP contribution in [0.2, 0.25) is 0 Å². The first kappa shape index (κ1) is 16.6. The highest BCUT2D eigenvalue weighted by molar-refractivity contribution is 9.10. The molecule has 1 N–H and O–H groups in total. The first-order valence-corrected chi connectivity index (χ1v) is 8.20. The maximum Gasteiger partial charge on any atom is 0.255 e. The smallest absolute Gasteiger partial charge is 0.255 e. The molecule has 0 aromatic heterocycles. The molecule has 4 heteroatoms. The molecule has 0 fully saturated rings. The van der Waals surface area contributed by atoms with Gasteiger partial charge in [-0.1, -0.05) is 41.4 Å². The Morgan fingerprint density at radius 2 is 2.05 bits per heavy atom. The Morgan fingerprint density at radius 3 is 2.77 bits per heavy atom. The number of hydrogen-bond donors (Lipinski definition) is 1. The molecule has 0 heterocycles. The number of rotatable bonds is 6. The highest BCUT2D eigenvalue weighted by Gasteiger charge is 2.08. The van der Waals surface area contributed by atoms with Crippen LogP contribution in [0.4, 0.5) is 5.69 Å². The third-order valence-electron chi connectivity index (χ3n) is 3.29. The third-order valence-corrected chi connectivity index (χ3v) is 4.15. The lowest BCUT2D eigenvalue weighted by atomic mass is 10.1. The van der Waals surface area contributed by atoms with Crippen molar-refractivity contribution in [1.29, 1.82) is 0 Å². The third kappa shape index (κ3) is 4.60. The van der Waals surface area contributed by atoms with Gasteiger partial charge in [-0.25, -0.2) is 0 Å². The average molecular weight is 362 g/mol. The van der Waals surface area contributed by atoms with Gasteiger partial charge in [-0.2, -0.15) is 0 Å². The second kappa shape index (κ2) is 7.99. The van der Waals surface area contributed by atoms with Crippen LogP contribution < -0.4 is 10.1 Å². The predicted molar refractivity (Wildman–Crippen MR) is 93.7 cm³/mol. The second-order valence-electron chi connectivity index (χ2n) is 5.15. The fourth-order valence-electron chi connectivity index (χ4n) is 1.94. The van der Waals surface area contributed by atoms with Crippen LogP contribution in [0, 0.1) is 6.92 Å². The lowest BCUT2D eigenvalue weighted by molar-refractivity contribution is 0.102. The number of benzene rings is 2. The van der Waals surface area contributed by atoms with Gasteiger partial charge in [-0.3, -0.25) is 4.79 Å². The summed E-state index contributed by atoms with van der Waals surface area (Å²) in [4.78, 5) is 12.3. The molecule has 0 radical (unpaired) electrons. The molecule has 22 heavy (non-hydrogen) atoms. The van der Waals surface area contributed by atoms with Crippen molar-refractivity contribution in [1.82, 2.24) is 0 Å². The van der Waals surface area contributed by atoms with Crippen molar-refractivity contribution in [3.8, 4) is 5.75 Å². The topological polar surface area (TPSA) is 38.3 Å². The Hall–Kier alpha value is -1.81. The van der Waals surface area contributed by atoms with Crippen LogP contribution in [-0.2, 0) is 0 Å². The summed E-state index contributed by atoms with van der Waals surface area (Å²) in [5.74, 6) is 0.641. The number of amides is 1. The van der Waals surface area contributed by atoms with Gasteiger partial charge in [0.25, 0.3) is 5.91 Å². The van der Waals surface area contributed by atoms with Crippen LogP contribution in [0.5, 0.6) is 5.75 Å². The minimum atomic E-state index is -0.133. The van der Waals surface area contributed by atoms with Gasteiger partial charge < -0.3 is 10.1 Å². The molecule has 0 bridgehead atoms. The predicted octanol–water partition coefficient (Wildman–Crippen LogP) is 5.19. The minimum Gasteiger partial charge on any atom is -0.494 e. The zero-order valence-corrected chi connectivity index (χ0v) is 14.4. The van der Waals surface area contributed by atoms with Gasteiger partial charge in [0.1, 0.15) is 5.75 Å². The quantitative estimate of drug-likeness (QED) is 0.719. The van der Waals surface area contributed by atoms with Crippen molar-refractivity contribution in [2.75, 3.05) is 11.9 Å². The Labute approximate surface area is 139 Å². The minimum absolute atomic E-state index is 0.133. The molecule has 0 unspecified atom stereocenters. The van der Waals surface area contributed by atoms with Crippen LogP contribution in [0.3, 0.4) is 0 Å². The number of halogens is 1. The number of aryl methyl sites for hydroxylation is 1. The van der Waals surface area contributed by atoms with Gasteiger partial charge in [-0.05, 0) is 43.2 Å². The van der Waals surface area contributed by atoms with E-state index in [0.29, 0.717) is 12.2 Å². The summed E-state index contributed by atoms with van der Waals surface area (Å²) < 4.78 is 6.58. The van der Waals surface area contributed by atoms with Crippen molar-refractivity contribution < 1.29 is 9.53 Å². The standard InChI is InChI=1S/C18H20BrNO2/c1-3-4-10-22-16-7-5-6-15(12-16)20-18(21)14-9-8-13(2)17(19)11-14/h5-9,11-12H,3-4,10H2,1-2H3,(H,20,21). The average Bonchev–Trinajstić information content (AvgIpc) is 2.50. The van der Waals surface area contributed by atoms with E-state index in [1.165, 1.54) is 0 Å². The summed E-state index contributed by atoms with van der Waals surface area (Å²) in [6.45, 7) is 4.81. The highest BCUT2D eigenvalue weighted by Crippen LogP contribution is 2.21. The Kier molecular flexibility index (Phi) is 6.01. The van der Waals surface area contributed by atoms with Crippen molar-refractivity contribution in [2.45, 2.75) is 26.7 Å². The van der Waals surface area contributed by atoms with E-state index in [1.807, 2.05) is 49.4 Å². The Bertz CT molecular complexity index is 655. The van der Waals surface area contributed by atoms with Crippen LogP contribution >= 0.6 is 15.9 Å². The molecular formula is C18H20BrNO2. The fraction of sp³-hybridized carbons (Fsp3) is 0.278. The largest absolute Gasteiger partial charge is 0.494 e. The molecule has 0 aliphatic carbocycles. The van der Waals surface area contributed by atoms with Crippen LogP contribution in [0.15, 0.2) is 46.9 Å². The van der Waals surface area contributed by atoms with Crippen molar-refractivity contribution in [2.24, 2.45) is 0 Å². The molecule has 0 atom stereocenters. The van der Waals surface area contributed by atoms with Crippen molar-refractivity contribution >= 4 is 27.5 Å². The van der Waals surface area contributed by atoms with Crippen LogP contribution in [-0.4, -0.2) is 12.5 Å². The normalized spacial score (nSPS) is 10.3. The fourth-order valence-corrected chi connectivity index (χ4v) is 2.31. The summed E-state index contributed by atoms with van der Waals surface area (Å²) in [6, 6.07) is 13.0. The highest BCUT2D eigenvalue weighted by atomic mass is 79.9. The van der Waals surface area contributed by atoms with Gasteiger partial charge in [0, 0.05) is 21.8 Å². The number of anilines is 1. The van der Waals surface area contributed by atoms with Gasteiger partial charge in [-0.15, -0.1) is 0 Å². The summed E-state index contributed by atoms with van der Waals surface area (Å²) in [6.07, 6.45) is 2.12. The molecule has 0 spiro atoms. The number of carbonyl (C=O) groups excluding carboxylic acids is 1. The number of nitrogens with one attached hydrogen (secondary N) is 1. The molecule has 2 aromatic carbocycles. The summed E-state index contributed by atoms with van der Waals surface area (Å²) >= 11 is 3.45. The van der Waals surface area contributed by atoms with E-state index in [4.69, 9.17) is 4.74 Å². The first-order chi connectivity index (χ1) is 10.6.